The molecule has 2 rings (SSSR count). The zero-order chi connectivity index (χ0) is 14.0. The molecule has 4 N–H and O–H groups in total. The molecule has 1 aliphatic rings. The average Bonchev–Trinajstić information content (AvgIpc) is 2.71. The average molecular weight is 284 g/mol. The molecule has 9 heteroatoms. The van der Waals surface area contributed by atoms with Gasteiger partial charge in [-0.2, -0.15) is 4.37 Å². The minimum Gasteiger partial charge on any atom is -0.478 e. The van der Waals surface area contributed by atoms with Crippen molar-refractivity contribution in [1.82, 2.24) is 15.0 Å². The minimum absolute atomic E-state index is 0.00167. The molecule has 1 unspecified atom stereocenters. The van der Waals surface area contributed by atoms with Crippen molar-refractivity contribution in [2.75, 3.05) is 18.4 Å². The number of aromatic nitrogens is 1. The second-order valence-electron chi connectivity index (χ2n) is 4.00. The van der Waals surface area contributed by atoms with Crippen molar-refractivity contribution in [2.45, 2.75) is 13.0 Å². The molecule has 2 amide bonds. The number of hydrogen-bond acceptors (Lipinski definition) is 6. The number of carbonyl (C=O) groups excluding carboxylic acids is 2. The zero-order valence-electron chi connectivity index (χ0n) is 10.0. The predicted octanol–water partition coefficient (Wildman–Crippen LogP) is -0.824. The van der Waals surface area contributed by atoms with Crippen molar-refractivity contribution in [2.24, 2.45) is 0 Å². The highest BCUT2D eigenvalue weighted by Gasteiger charge is 2.26. The molecule has 0 aliphatic carbocycles. The summed E-state index contributed by atoms with van der Waals surface area (Å²) in [6, 6.07) is -0.582. The maximum Gasteiger partial charge on any atom is 0.340 e. The Morgan fingerprint density at radius 1 is 1.53 bits per heavy atom. The van der Waals surface area contributed by atoms with Crippen LogP contribution in [0.2, 0.25) is 0 Å². The summed E-state index contributed by atoms with van der Waals surface area (Å²) in [7, 11) is 0. The monoisotopic (exact) mass is 284 g/mol. The topological polar surface area (TPSA) is 120 Å². The standard InChI is InChI=1S/C10H12N4O4S/c1-4-7(10(17)18)9(19-14-4)13-8(16)5-2-12-6(15)3-11-5/h5,11H,2-3H2,1H3,(H,12,15)(H,13,16)(H,17,18). The third-order valence-corrected chi connectivity index (χ3v) is 3.50. The molecule has 1 atom stereocenters. The van der Waals surface area contributed by atoms with Crippen molar-refractivity contribution in [3.05, 3.63) is 11.3 Å². The van der Waals surface area contributed by atoms with Gasteiger partial charge < -0.3 is 15.7 Å². The quantitative estimate of drug-likeness (QED) is 0.575. The molecule has 0 radical (unpaired) electrons. The van der Waals surface area contributed by atoms with Gasteiger partial charge in [-0.25, -0.2) is 4.79 Å². The number of piperazine rings is 1. The van der Waals surface area contributed by atoms with Crippen LogP contribution in [0.3, 0.4) is 0 Å². The number of aryl methyl sites for hydroxylation is 1. The molecule has 1 aromatic rings. The van der Waals surface area contributed by atoms with E-state index in [4.69, 9.17) is 5.11 Å². The molecule has 0 spiro atoms. The summed E-state index contributed by atoms with van der Waals surface area (Å²) >= 11 is 0.919. The van der Waals surface area contributed by atoms with Crippen LogP contribution in [-0.2, 0) is 9.59 Å². The van der Waals surface area contributed by atoms with E-state index in [1.165, 1.54) is 0 Å². The zero-order valence-corrected chi connectivity index (χ0v) is 10.8. The van der Waals surface area contributed by atoms with Gasteiger partial charge in [-0.15, -0.1) is 0 Å². The first-order valence-electron chi connectivity index (χ1n) is 5.49. The van der Waals surface area contributed by atoms with Crippen LogP contribution >= 0.6 is 11.5 Å². The van der Waals surface area contributed by atoms with Crippen LogP contribution in [0.5, 0.6) is 0 Å². The summed E-state index contributed by atoms with van der Waals surface area (Å²) in [6.45, 7) is 1.80. The van der Waals surface area contributed by atoms with Crippen LogP contribution < -0.4 is 16.0 Å². The van der Waals surface area contributed by atoms with Gasteiger partial charge in [0.1, 0.15) is 16.6 Å². The molecule has 8 nitrogen and oxygen atoms in total. The summed E-state index contributed by atoms with van der Waals surface area (Å²) in [4.78, 5) is 33.9. The fourth-order valence-electron chi connectivity index (χ4n) is 1.66. The molecule has 102 valence electrons. The SMILES string of the molecule is Cc1nsc(NC(=O)C2CNC(=O)CN2)c1C(=O)O. The van der Waals surface area contributed by atoms with E-state index in [2.05, 4.69) is 20.3 Å². The van der Waals surface area contributed by atoms with Gasteiger partial charge >= 0.3 is 5.97 Å². The predicted molar refractivity (Wildman–Crippen MR) is 67.2 cm³/mol. The summed E-state index contributed by atoms with van der Waals surface area (Å²) in [5, 5.41) is 17.1. The van der Waals surface area contributed by atoms with Crippen LogP contribution in [-0.4, -0.2) is 46.4 Å². The number of nitrogens with zero attached hydrogens (tertiary/aromatic N) is 1. The van der Waals surface area contributed by atoms with Gasteiger partial charge in [-0.1, -0.05) is 0 Å². The number of aromatic carboxylic acids is 1. The van der Waals surface area contributed by atoms with E-state index in [0.29, 0.717) is 5.69 Å². The number of carboxylic acid groups (broad SMARTS) is 1. The Balaban J connectivity index is 2.07. The van der Waals surface area contributed by atoms with Crippen LogP contribution in [0.1, 0.15) is 16.1 Å². The van der Waals surface area contributed by atoms with E-state index in [1.807, 2.05) is 0 Å². The molecule has 1 aliphatic heterocycles. The minimum atomic E-state index is -1.13. The molecule has 19 heavy (non-hydrogen) atoms. The number of nitrogens with one attached hydrogen (secondary N) is 3. The lowest BCUT2D eigenvalue weighted by Crippen LogP contribution is -2.56. The Labute approximate surface area is 112 Å². The van der Waals surface area contributed by atoms with Crippen LogP contribution in [0.4, 0.5) is 5.00 Å². The molecule has 1 fully saturated rings. The summed E-state index contributed by atoms with van der Waals surface area (Å²) < 4.78 is 3.90. The van der Waals surface area contributed by atoms with Gasteiger partial charge in [-0.3, -0.25) is 14.9 Å². The molecular weight excluding hydrogens is 272 g/mol. The van der Waals surface area contributed by atoms with E-state index in [9.17, 15) is 14.4 Å². The van der Waals surface area contributed by atoms with Crippen molar-refractivity contribution in [1.29, 1.82) is 0 Å². The molecule has 1 saturated heterocycles. The molecule has 0 saturated carbocycles. The van der Waals surface area contributed by atoms with Crippen LogP contribution in [0.15, 0.2) is 0 Å². The largest absolute Gasteiger partial charge is 0.478 e. The maximum atomic E-state index is 11.9. The van der Waals surface area contributed by atoms with E-state index in [1.54, 1.807) is 6.92 Å². The van der Waals surface area contributed by atoms with Crippen LogP contribution in [0.25, 0.3) is 0 Å². The Morgan fingerprint density at radius 3 is 2.84 bits per heavy atom. The number of carboxylic acids is 1. The third kappa shape index (κ3) is 2.88. The molecule has 2 heterocycles. The van der Waals surface area contributed by atoms with Gasteiger partial charge in [0.05, 0.1) is 12.2 Å². The fourth-order valence-corrected chi connectivity index (χ4v) is 2.45. The lowest BCUT2D eigenvalue weighted by atomic mass is 10.2. The normalized spacial score (nSPS) is 18.8. The second kappa shape index (κ2) is 5.33. The Kier molecular flexibility index (Phi) is 3.76. The van der Waals surface area contributed by atoms with Gasteiger partial charge in [0.25, 0.3) is 0 Å². The number of hydrogen-bond donors (Lipinski definition) is 4. The van der Waals surface area contributed by atoms with E-state index >= 15 is 0 Å². The van der Waals surface area contributed by atoms with Gasteiger partial charge in [0.15, 0.2) is 0 Å². The van der Waals surface area contributed by atoms with Crippen molar-refractivity contribution in [3.8, 4) is 0 Å². The maximum absolute atomic E-state index is 11.9. The Hall–Kier alpha value is -2.00. The molecular formula is C10H12N4O4S. The summed E-state index contributed by atoms with van der Waals surface area (Å²) in [6.07, 6.45) is 0. The van der Waals surface area contributed by atoms with E-state index < -0.39 is 17.9 Å². The molecule has 1 aromatic heterocycles. The Morgan fingerprint density at radius 2 is 2.26 bits per heavy atom. The number of rotatable bonds is 3. The van der Waals surface area contributed by atoms with Crippen molar-refractivity contribution < 1.29 is 19.5 Å². The fraction of sp³-hybridized carbons (Fsp3) is 0.400. The first-order valence-corrected chi connectivity index (χ1v) is 6.27. The highest BCUT2D eigenvalue weighted by atomic mass is 32.1. The number of carbonyl (C=O) groups is 3. The van der Waals surface area contributed by atoms with Crippen LogP contribution in [0, 0.1) is 6.92 Å². The van der Waals surface area contributed by atoms with Crippen molar-refractivity contribution >= 4 is 34.3 Å². The second-order valence-corrected chi connectivity index (χ2v) is 4.78. The third-order valence-electron chi connectivity index (χ3n) is 2.64. The summed E-state index contributed by atoms with van der Waals surface area (Å²) in [5.74, 6) is -1.71. The first kappa shape index (κ1) is 13.4. The lowest BCUT2D eigenvalue weighted by molar-refractivity contribution is -0.124. The lowest BCUT2D eigenvalue weighted by Gasteiger charge is -2.22. The first-order chi connectivity index (χ1) is 8.99. The molecule has 0 bridgehead atoms. The summed E-state index contributed by atoms with van der Waals surface area (Å²) in [5.41, 5.74) is 0.357. The van der Waals surface area contributed by atoms with E-state index in [-0.39, 0.29) is 29.6 Å². The van der Waals surface area contributed by atoms with Gasteiger partial charge in [0.2, 0.25) is 11.8 Å². The number of amides is 2. The highest BCUT2D eigenvalue weighted by molar-refractivity contribution is 7.11. The Bertz CT molecular complexity index is 532. The van der Waals surface area contributed by atoms with Gasteiger partial charge in [0, 0.05) is 6.54 Å². The highest BCUT2D eigenvalue weighted by Crippen LogP contribution is 2.24. The molecule has 0 aromatic carbocycles. The van der Waals surface area contributed by atoms with E-state index in [0.717, 1.165) is 11.5 Å². The van der Waals surface area contributed by atoms with Gasteiger partial charge in [-0.05, 0) is 18.5 Å². The van der Waals surface area contributed by atoms with Crippen molar-refractivity contribution in [3.63, 3.8) is 0 Å². The number of anilines is 1. The smallest absolute Gasteiger partial charge is 0.340 e.